The molecule has 4 rings (SSSR count). The van der Waals surface area contributed by atoms with Gasteiger partial charge in [-0.15, -0.1) is 0 Å². The summed E-state index contributed by atoms with van der Waals surface area (Å²) in [6.07, 6.45) is 7.83. The van der Waals surface area contributed by atoms with E-state index in [2.05, 4.69) is 10.1 Å². The minimum atomic E-state index is -0.175. The lowest BCUT2D eigenvalue weighted by atomic mass is 9.75. The van der Waals surface area contributed by atoms with Crippen LogP contribution < -0.4 is 0 Å². The Labute approximate surface area is 149 Å². The largest absolute Gasteiger partial charge is 0.393 e. The molecule has 2 saturated heterocycles. The molecule has 138 valence electrons. The Kier molecular flexibility index (Phi) is 5.08. The number of aromatic nitrogens is 1. The van der Waals surface area contributed by atoms with Crippen LogP contribution in [0.2, 0.25) is 0 Å². The zero-order chi connectivity index (χ0) is 17.2. The normalized spacial score (nSPS) is 28.8. The second-order valence-electron chi connectivity index (χ2n) is 8.03. The number of aliphatic hydroxyl groups is 1. The van der Waals surface area contributed by atoms with Gasteiger partial charge < -0.3 is 14.5 Å². The van der Waals surface area contributed by atoms with E-state index in [-0.39, 0.29) is 12.0 Å². The highest BCUT2D eigenvalue weighted by atomic mass is 16.5. The third-order valence-electron chi connectivity index (χ3n) is 6.29. The zero-order valence-electron chi connectivity index (χ0n) is 14.9. The smallest absolute Gasteiger partial charge is 0.276 e. The minimum Gasteiger partial charge on any atom is -0.393 e. The highest BCUT2D eigenvalue weighted by molar-refractivity contribution is 5.92. The van der Waals surface area contributed by atoms with Crippen molar-refractivity contribution in [3.05, 3.63) is 17.5 Å². The molecule has 1 aliphatic carbocycles. The van der Waals surface area contributed by atoms with E-state index in [0.29, 0.717) is 18.2 Å². The number of hydrogen-bond acceptors (Lipinski definition) is 5. The fourth-order valence-corrected chi connectivity index (χ4v) is 4.73. The molecule has 0 unspecified atom stereocenters. The highest BCUT2D eigenvalue weighted by Crippen LogP contribution is 2.36. The Morgan fingerprint density at radius 2 is 1.88 bits per heavy atom. The van der Waals surface area contributed by atoms with Crippen molar-refractivity contribution in [2.45, 2.75) is 57.6 Å². The molecule has 0 bridgehead atoms. The maximum atomic E-state index is 12.8. The Balaban J connectivity index is 1.34. The number of piperidine rings is 2. The topological polar surface area (TPSA) is 69.8 Å². The summed E-state index contributed by atoms with van der Waals surface area (Å²) >= 11 is 0. The molecule has 1 amide bonds. The number of likely N-dealkylation sites (tertiary alicyclic amines) is 2. The molecule has 6 heteroatoms. The van der Waals surface area contributed by atoms with Crippen LogP contribution in [0.4, 0.5) is 0 Å². The molecule has 0 spiro atoms. The lowest BCUT2D eigenvalue weighted by Gasteiger charge is -2.41. The highest BCUT2D eigenvalue weighted by Gasteiger charge is 2.34. The Morgan fingerprint density at radius 3 is 2.68 bits per heavy atom. The minimum absolute atomic E-state index is 0.0214. The van der Waals surface area contributed by atoms with Crippen LogP contribution >= 0.6 is 0 Å². The van der Waals surface area contributed by atoms with Gasteiger partial charge in [-0.25, -0.2) is 0 Å². The molecule has 3 aliphatic rings. The summed E-state index contributed by atoms with van der Waals surface area (Å²) in [4.78, 5) is 17.0. The Morgan fingerprint density at radius 1 is 1.12 bits per heavy atom. The number of hydrogen-bond donors (Lipinski definition) is 1. The van der Waals surface area contributed by atoms with Crippen molar-refractivity contribution >= 4 is 5.91 Å². The van der Waals surface area contributed by atoms with Gasteiger partial charge in [-0.1, -0.05) is 24.4 Å². The third kappa shape index (κ3) is 3.90. The van der Waals surface area contributed by atoms with Gasteiger partial charge in [0.1, 0.15) is 0 Å². The molecule has 3 heterocycles. The van der Waals surface area contributed by atoms with Crippen LogP contribution in [-0.2, 0) is 6.54 Å². The monoisotopic (exact) mass is 347 g/mol. The SMILES string of the molecule is O=C(c1cc(CN2CCC(O)CC2)on1)N1CC[C@@H]2CCCC[C@H]2C1. The number of rotatable bonds is 3. The first-order valence-electron chi connectivity index (χ1n) is 9.84. The third-order valence-corrected chi connectivity index (χ3v) is 6.29. The molecule has 2 aliphatic heterocycles. The summed E-state index contributed by atoms with van der Waals surface area (Å²) < 4.78 is 5.41. The van der Waals surface area contributed by atoms with Crippen LogP contribution in [0.1, 0.15) is 61.2 Å². The van der Waals surface area contributed by atoms with Crippen molar-refractivity contribution in [3.63, 3.8) is 0 Å². The fourth-order valence-electron chi connectivity index (χ4n) is 4.73. The summed E-state index contributed by atoms with van der Waals surface area (Å²) in [5.74, 6) is 2.26. The van der Waals surface area contributed by atoms with Crippen molar-refractivity contribution in [3.8, 4) is 0 Å². The standard InChI is InChI=1S/C19H29N3O3/c23-16-6-8-21(9-7-16)13-17-11-18(20-25-17)19(24)22-10-5-14-3-1-2-4-15(14)12-22/h11,14-16,23H,1-10,12-13H2/t14-,15-/m0/s1. The molecule has 0 radical (unpaired) electrons. The molecular formula is C19H29N3O3. The first kappa shape index (κ1) is 17.0. The van der Waals surface area contributed by atoms with Gasteiger partial charge in [0.25, 0.3) is 5.91 Å². The summed E-state index contributed by atoms with van der Waals surface area (Å²) in [6.45, 7) is 4.13. The molecular weight excluding hydrogens is 318 g/mol. The molecule has 3 fully saturated rings. The Bertz CT molecular complexity index is 594. The first-order valence-corrected chi connectivity index (χ1v) is 9.84. The van der Waals surface area contributed by atoms with Crippen molar-refractivity contribution in [1.29, 1.82) is 0 Å². The number of amides is 1. The number of carbonyl (C=O) groups is 1. The molecule has 0 aromatic carbocycles. The van der Waals surface area contributed by atoms with E-state index in [0.717, 1.165) is 57.1 Å². The van der Waals surface area contributed by atoms with E-state index >= 15 is 0 Å². The van der Waals surface area contributed by atoms with Crippen LogP contribution in [0, 0.1) is 11.8 Å². The summed E-state index contributed by atoms with van der Waals surface area (Å²) in [7, 11) is 0. The van der Waals surface area contributed by atoms with Gasteiger partial charge in [-0.05, 0) is 37.5 Å². The van der Waals surface area contributed by atoms with Gasteiger partial charge in [0, 0.05) is 32.2 Å². The second-order valence-corrected chi connectivity index (χ2v) is 8.03. The molecule has 1 aromatic heterocycles. The average molecular weight is 347 g/mol. The second kappa shape index (κ2) is 7.46. The van der Waals surface area contributed by atoms with Crippen molar-refractivity contribution in [1.82, 2.24) is 15.0 Å². The fraction of sp³-hybridized carbons (Fsp3) is 0.789. The Hall–Kier alpha value is -1.40. The summed E-state index contributed by atoms with van der Waals surface area (Å²) in [5, 5.41) is 13.6. The molecule has 1 N–H and O–H groups in total. The van der Waals surface area contributed by atoms with Gasteiger partial charge in [-0.3, -0.25) is 9.69 Å². The number of fused-ring (bicyclic) bond motifs is 1. The molecule has 1 aromatic rings. The zero-order valence-corrected chi connectivity index (χ0v) is 14.9. The predicted molar refractivity (Wildman–Crippen MR) is 93.0 cm³/mol. The van der Waals surface area contributed by atoms with Gasteiger partial charge in [0.05, 0.1) is 12.6 Å². The van der Waals surface area contributed by atoms with Crippen molar-refractivity contribution in [2.24, 2.45) is 11.8 Å². The lowest BCUT2D eigenvalue weighted by Crippen LogP contribution is -2.44. The summed E-state index contributed by atoms with van der Waals surface area (Å²) in [6, 6.07) is 1.81. The maximum absolute atomic E-state index is 12.8. The van der Waals surface area contributed by atoms with Gasteiger partial charge in [0.2, 0.25) is 0 Å². The molecule has 1 saturated carbocycles. The van der Waals surface area contributed by atoms with Crippen LogP contribution in [0.5, 0.6) is 0 Å². The van der Waals surface area contributed by atoms with E-state index < -0.39 is 0 Å². The maximum Gasteiger partial charge on any atom is 0.276 e. The lowest BCUT2D eigenvalue weighted by molar-refractivity contribution is 0.0511. The number of aliphatic hydroxyl groups excluding tert-OH is 1. The van der Waals surface area contributed by atoms with Crippen LogP contribution in [0.15, 0.2) is 10.6 Å². The summed E-state index contributed by atoms with van der Waals surface area (Å²) in [5.41, 5.74) is 0.446. The van der Waals surface area contributed by atoms with Gasteiger partial charge >= 0.3 is 0 Å². The molecule has 6 nitrogen and oxygen atoms in total. The van der Waals surface area contributed by atoms with E-state index in [1.807, 2.05) is 4.90 Å². The van der Waals surface area contributed by atoms with E-state index in [4.69, 9.17) is 4.52 Å². The van der Waals surface area contributed by atoms with E-state index in [1.165, 1.54) is 25.7 Å². The number of carbonyl (C=O) groups excluding carboxylic acids is 1. The number of nitrogens with zero attached hydrogens (tertiary/aromatic N) is 3. The van der Waals surface area contributed by atoms with Crippen LogP contribution in [0.3, 0.4) is 0 Å². The van der Waals surface area contributed by atoms with Crippen LogP contribution in [0.25, 0.3) is 0 Å². The van der Waals surface area contributed by atoms with Crippen molar-refractivity contribution < 1.29 is 14.4 Å². The molecule has 25 heavy (non-hydrogen) atoms. The average Bonchev–Trinajstić information content (AvgIpc) is 3.11. The van der Waals surface area contributed by atoms with Gasteiger partial charge in [0.15, 0.2) is 11.5 Å². The van der Waals surface area contributed by atoms with Crippen molar-refractivity contribution in [2.75, 3.05) is 26.2 Å². The van der Waals surface area contributed by atoms with Gasteiger partial charge in [-0.2, -0.15) is 0 Å². The van der Waals surface area contributed by atoms with E-state index in [1.54, 1.807) is 6.07 Å². The van der Waals surface area contributed by atoms with Crippen LogP contribution in [-0.4, -0.2) is 58.3 Å². The quantitative estimate of drug-likeness (QED) is 0.908. The first-order chi connectivity index (χ1) is 12.2. The predicted octanol–water partition coefficient (Wildman–Crippen LogP) is 2.28. The molecule has 2 atom stereocenters. The van der Waals surface area contributed by atoms with E-state index in [9.17, 15) is 9.90 Å².